The van der Waals surface area contributed by atoms with E-state index in [1.165, 1.54) is 6.20 Å². The van der Waals surface area contributed by atoms with Crippen molar-refractivity contribution in [2.75, 3.05) is 5.32 Å². The van der Waals surface area contributed by atoms with E-state index in [0.717, 1.165) is 6.07 Å². The Hall–Kier alpha value is -2.35. The van der Waals surface area contributed by atoms with Gasteiger partial charge in [0.1, 0.15) is 17.3 Å². The molecule has 1 heterocycles. The molecule has 0 atom stereocenters. The summed E-state index contributed by atoms with van der Waals surface area (Å²) in [7, 11) is 0. The number of amides is 2. The average Bonchev–Trinajstić information content (AvgIpc) is 2.41. The van der Waals surface area contributed by atoms with Crippen LogP contribution in [0.25, 0.3) is 0 Å². The van der Waals surface area contributed by atoms with E-state index >= 15 is 0 Å². The van der Waals surface area contributed by atoms with Crippen molar-refractivity contribution in [1.82, 2.24) is 4.98 Å². The van der Waals surface area contributed by atoms with E-state index in [0.29, 0.717) is 10.5 Å². The van der Waals surface area contributed by atoms with Gasteiger partial charge in [0.05, 0.1) is 11.3 Å². The van der Waals surface area contributed by atoms with Crippen LogP contribution in [0.1, 0.15) is 20.8 Å². The number of nitrogens with one attached hydrogen (secondary N) is 1. The number of halogens is 3. The predicted octanol–water partition coefficient (Wildman–Crippen LogP) is 2.47. The molecule has 0 aliphatic heterocycles. The van der Waals surface area contributed by atoms with Gasteiger partial charge in [0.2, 0.25) is 0 Å². The molecule has 0 radical (unpaired) electrons. The summed E-state index contributed by atoms with van der Waals surface area (Å²) in [6.07, 6.45) is 1.38. The molecule has 0 spiro atoms. The molecule has 8 heteroatoms. The van der Waals surface area contributed by atoms with Gasteiger partial charge in [0.15, 0.2) is 0 Å². The Kier molecular flexibility index (Phi) is 4.27. The molecule has 0 unspecified atom stereocenters. The summed E-state index contributed by atoms with van der Waals surface area (Å²) in [6, 6.07) is 4.49. The Bertz CT molecular complexity index is 737. The van der Waals surface area contributed by atoms with Crippen LogP contribution in [0.15, 0.2) is 34.9 Å². The summed E-state index contributed by atoms with van der Waals surface area (Å²) in [5, 5.41) is 2.21. The number of nitrogens with zero attached hydrogens (tertiary/aromatic N) is 1. The van der Waals surface area contributed by atoms with Crippen LogP contribution < -0.4 is 11.1 Å². The zero-order valence-electron chi connectivity index (χ0n) is 10.4. The number of anilines is 1. The van der Waals surface area contributed by atoms with Gasteiger partial charge in [0.25, 0.3) is 11.8 Å². The summed E-state index contributed by atoms with van der Waals surface area (Å²) in [5.41, 5.74) is 4.09. The Morgan fingerprint density at radius 3 is 2.57 bits per heavy atom. The number of hydrogen-bond acceptors (Lipinski definition) is 3. The number of carbonyl (C=O) groups is 2. The maximum atomic E-state index is 13.6. The van der Waals surface area contributed by atoms with Crippen molar-refractivity contribution in [3.05, 3.63) is 57.8 Å². The summed E-state index contributed by atoms with van der Waals surface area (Å²) in [4.78, 5) is 26.8. The lowest BCUT2D eigenvalue weighted by molar-refractivity contribution is 0.0991. The summed E-state index contributed by atoms with van der Waals surface area (Å²) >= 11 is 3.13. The fourth-order valence-corrected chi connectivity index (χ4v) is 2.00. The van der Waals surface area contributed by atoms with E-state index < -0.39 is 29.0 Å². The van der Waals surface area contributed by atoms with Crippen LogP contribution in [0.3, 0.4) is 0 Å². The van der Waals surface area contributed by atoms with Crippen molar-refractivity contribution in [3.63, 3.8) is 0 Å². The van der Waals surface area contributed by atoms with Gasteiger partial charge in [-0.05, 0) is 34.1 Å². The molecule has 21 heavy (non-hydrogen) atoms. The second-order valence-electron chi connectivity index (χ2n) is 3.96. The van der Waals surface area contributed by atoms with Crippen molar-refractivity contribution >= 4 is 33.4 Å². The van der Waals surface area contributed by atoms with Crippen molar-refractivity contribution in [1.29, 1.82) is 0 Å². The molecule has 0 saturated heterocycles. The van der Waals surface area contributed by atoms with E-state index in [1.54, 1.807) is 12.1 Å². The molecule has 5 nitrogen and oxygen atoms in total. The third-order valence-corrected chi connectivity index (χ3v) is 3.18. The number of nitrogens with two attached hydrogens (primary N) is 1. The van der Waals surface area contributed by atoms with Gasteiger partial charge in [-0.1, -0.05) is 0 Å². The summed E-state index contributed by atoms with van der Waals surface area (Å²) in [5.74, 6) is -3.92. The molecular weight excluding hydrogens is 348 g/mol. The van der Waals surface area contributed by atoms with E-state index in [-0.39, 0.29) is 11.4 Å². The van der Waals surface area contributed by atoms with Gasteiger partial charge in [-0.25, -0.2) is 13.8 Å². The van der Waals surface area contributed by atoms with Crippen LogP contribution in [-0.2, 0) is 0 Å². The maximum Gasteiger partial charge on any atom is 0.275 e. The molecule has 0 fully saturated rings. The lowest BCUT2D eigenvalue weighted by Crippen LogP contribution is -2.18. The number of rotatable bonds is 3. The van der Waals surface area contributed by atoms with Crippen molar-refractivity contribution in [2.24, 2.45) is 5.73 Å². The first-order valence-electron chi connectivity index (χ1n) is 5.61. The van der Waals surface area contributed by atoms with Crippen LogP contribution in [0.2, 0.25) is 0 Å². The van der Waals surface area contributed by atoms with Crippen molar-refractivity contribution < 1.29 is 18.4 Å². The van der Waals surface area contributed by atoms with Crippen LogP contribution >= 0.6 is 15.9 Å². The first-order chi connectivity index (χ1) is 9.90. The predicted molar refractivity (Wildman–Crippen MR) is 74.8 cm³/mol. The molecule has 0 bridgehead atoms. The molecule has 108 valence electrons. The Morgan fingerprint density at radius 2 is 1.95 bits per heavy atom. The first-order valence-corrected chi connectivity index (χ1v) is 6.40. The molecule has 2 rings (SSSR count). The van der Waals surface area contributed by atoms with Gasteiger partial charge in [-0.2, -0.15) is 0 Å². The van der Waals surface area contributed by atoms with Crippen LogP contribution in [0.4, 0.5) is 14.5 Å². The fourth-order valence-electron chi connectivity index (χ4n) is 1.57. The molecule has 2 amide bonds. The minimum atomic E-state index is -1.10. The van der Waals surface area contributed by atoms with E-state index in [4.69, 9.17) is 5.73 Å². The smallest absolute Gasteiger partial charge is 0.275 e. The lowest BCUT2D eigenvalue weighted by atomic mass is 10.1. The Morgan fingerprint density at radius 1 is 1.24 bits per heavy atom. The zero-order valence-corrected chi connectivity index (χ0v) is 11.9. The highest BCUT2D eigenvalue weighted by molar-refractivity contribution is 9.10. The van der Waals surface area contributed by atoms with E-state index in [1.807, 2.05) is 0 Å². The lowest BCUT2D eigenvalue weighted by Gasteiger charge is -2.09. The van der Waals surface area contributed by atoms with Gasteiger partial charge in [0, 0.05) is 16.7 Å². The normalized spacial score (nSPS) is 10.2. The molecule has 2 aromatic rings. The number of benzene rings is 1. The zero-order chi connectivity index (χ0) is 15.6. The third kappa shape index (κ3) is 3.22. The van der Waals surface area contributed by atoms with Crippen LogP contribution in [0.5, 0.6) is 0 Å². The third-order valence-electron chi connectivity index (χ3n) is 2.54. The average molecular weight is 356 g/mol. The Labute approximate surface area is 126 Å². The summed E-state index contributed by atoms with van der Waals surface area (Å²) in [6.45, 7) is 0. The number of aromatic nitrogens is 1. The Balaban J connectivity index is 2.36. The molecule has 0 aliphatic rings. The molecule has 0 aliphatic carbocycles. The molecule has 0 saturated carbocycles. The maximum absolute atomic E-state index is 13.6. The second-order valence-corrected chi connectivity index (χ2v) is 4.82. The fraction of sp³-hybridized carbons (Fsp3) is 0. The van der Waals surface area contributed by atoms with Gasteiger partial charge < -0.3 is 11.1 Å². The van der Waals surface area contributed by atoms with Crippen LogP contribution in [0, 0.1) is 11.6 Å². The van der Waals surface area contributed by atoms with Gasteiger partial charge in [-0.3, -0.25) is 9.59 Å². The highest BCUT2D eigenvalue weighted by Crippen LogP contribution is 2.21. The standard InChI is InChI=1S/C13H8BrF2N3O2/c14-7-2-1-3-18-11(7)13(21)19-10-4-6(12(17)20)8(15)5-9(10)16/h1-5H,(H2,17,20)(H,19,21). The van der Waals surface area contributed by atoms with Gasteiger partial charge in [-0.15, -0.1) is 0 Å². The minimum Gasteiger partial charge on any atom is -0.366 e. The molecule has 3 N–H and O–H groups in total. The highest BCUT2D eigenvalue weighted by atomic mass is 79.9. The monoisotopic (exact) mass is 355 g/mol. The van der Waals surface area contributed by atoms with Crippen molar-refractivity contribution in [2.45, 2.75) is 0 Å². The SMILES string of the molecule is NC(=O)c1cc(NC(=O)c2ncccc2Br)c(F)cc1F. The topological polar surface area (TPSA) is 85.1 Å². The number of pyridine rings is 1. The minimum absolute atomic E-state index is 0.0156. The van der Waals surface area contributed by atoms with Gasteiger partial charge >= 0.3 is 0 Å². The molecule has 1 aromatic heterocycles. The first kappa shape index (κ1) is 15.0. The number of primary amides is 1. The quantitative estimate of drug-likeness (QED) is 0.886. The summed E-state index contributed by atoms with van der Waals surface area (Å²) < 4.78 is 27.4. The van der Waals surface area contributed by atoms with Crippen LogP contribution in [-0.4, -0.2) is 16.8 Å². The molecular formula is C13H8BrF2N3O2. The number of carbonyl (C=O) groups excluding carboxylic acids is 2. The number of hydrogen-bond donors (Lipinski definition) is 2. The largest absolute Gasteiger partial charge is 0.366 e. The second kappa shape index (κ2) is 5.96. The van der Waals surface area contributed by atoms with E-state index in [9.17, 15) is 18.4 Å². The van der Waals surface area contributed by atoms with Crippen molar-refractivity contribution in [3.8, 4) is 0 Å². The molecule has 1 aromatic carbocycles. The van der Waals surface area contributed by atoms with E-state index in [2.05, 4.69) is 26.2 Å². The highest BCUT2D eigenvalue weighted by Gasteiger charge is 2.17.